The zero-order chi connectivity index (χ0) is 16.9. The van der Waals surface area contributed by atoms with Crippen LogP contribution in [0.2, 0.25) is 0 Å². The van der Waals surface area contributed by atoms with Crippen LogP contribution in [0.1, 0.15) is 21.8 Å². The lowest BCUT2D eigenvalue weighted by Crippen LogP contribution is -2.26. The predicted octanol–water partition coefficient (Wildman–Crippen LogP) is 4.39. The molecule has 1 heterocycles. The first kappa shape index (κ1) is 16.5. The van der Waals surface area contributed by atoms with Crippen molar-refractivity contribution in [2.45, 2.75) is 13.3 Å². The van der Waals surface area contributed by atoms with Gasteiger partial charge in [-0.3, -0.25) is 4.79 Å². The van der Waals surface area contributed by atoms with Gasteiger partial charge < -0.3 is 9.73 Å². The third-order valence-corrected chi connectivity index (χ3v) is 4.37. The zero-order valence-corrected chi connectivity index (χ0v) is 14.8. The number of hydrogen-bond donors (Lipinski definition) is 1. The number of aryl methyl sites for hydroxylation is 1. The Morgan fingerprint density at radius 1 is 1.12 bits per heavy atom. The lowest BCUT2D eigenvalue weighted by Gasteiger charge is -2.05. The van der Waals surface area contributed by atoms with Gasteiger partial charge in [0.25, 0.3) is 5.91 Å². The van der Waals surface area contributed by atoms with Gasteiger partial charge in [-0.1, -0.05) is 30.3 Å². The Kier molecular flexibility index (Phi) is 5.11. The summed E-state index contributed by atoms with van der Waals surface area (Å²) < 4.78 is 6.51. The number of oxazole rings is 1. The topological polar surface area (TPSA) is 55.1 Å². The van der Waals surface area contributed by atoms with Crippen molar-refractivity contribution in [3.8, 4) is 11.5 Å². The van der Waals surface area contributed by atoms with E-state index >= 15 is 0 Å². The maximum Gasteiger partial charge on any atom is 0.252 e. The molecular weight excluding hydrogens is 368 g/mol. The van der Waals surface area contributed by atoms with Gasteiger partial charge in [-0.2, -0.15) is 0 Å². The molecule has 0 spiro atoms. The Morgan fingerprint density at radius 3 is 2.58 bits per heavy atom. The van der Waals surface area contributed by atoms with Crippen molar-refractivity contribution in [1.29, 1.82) is 0 Å². The first-order chi connectivity index (χ1) is 11.6. The first-order valence-corrected chi connectivity index (χ1v) is 8.49. The summed E-state index contributed by atoms with van der Waals surface area (Å²) in [6.45, 7) is 2.39. The van der Waals surface area contributed by atoms with Crippen molar-refractivity contribution in [3.05, 3.63) is 76.1 Å². The van der Waals surface area contributed by atoms with Gasteiger partial charge in [0, 0.05) is 23.0 Å². The van der Waals surface area contributed by atoms with Crippen LogP contribution in [0.25, 0.3) is 11.5 Å². The van der Waals surface area contributed by atoms with Crippen LogP contribution in [0.3, 0.4) is 0 Å². The van der Waals surface area contributed by atoms with E-state index in [0.29, 0.717) is 24.4 Å². The predicted molar refractivity (Wildman–Crippen MR) is 96.9 cm³/mol. The Balaban J connectivity index is 1.62. The number of aromatic nitrogens is 1. The number of carbonyl (C=O) groups is 1. The van der Waals surface area contributed by atoms with Crippen LogP contribution in [-0.2, 0) is 6.42 Å². The monoisotopic (exact) mass is 384 g/mol. The molecular formula is C19H17BrN2O2. The van der Waals surface area contributed by atoms with Gasteiger partial charge in [0.05, 0.1) is 11.3 Å². The third-order valence-electron chi connectivity index (χ3n) is 3.68. The molecule has 0 unspecified atom stereocenters. The Hall–Kier alpha value is -2.40. The maximum atomic E-state index is 12.2. The van der Waals surface area contributed by atoms with Crippen LogP contribution in [0.15, 0.2) is 63.5 Å². The van der Waals surface area contributed by atoms with Crippen LogP contribution in [-0.4, -0.2) is 17.4 Å². The number of halogens is 1. The SMILES string of the molecule is Cc1oc(-c2ccccc2)nc1CCNC(=O)c1ccccc1Br. The minimum Gasteiger partial charge on any atom is -0.441 e. The summed E-state index contributed by atoms with van der Waals surface area (Å²) in [6.07, 6.45) is 0.623. The summed E-state index contributed by atoms with van der Waals surface area (Å²) >= 11 is 3.39. The van der Waals surface area contributed by atoms with Crippen molar-refractivity contribution in [2.75, 3.05) is 6.54 Å². The number of carbonyl (C=O) groups excluding carboxylic acids is 1. The molecule has 0 fully saturated rings. The summed E-state index contributed by atoms with van der Waals surface area (Å²) in [5.74, 6) is 1.29. The van der Waals surface area contributed by atoms with Gasteiger partial charge in [0.2, 0.25) is 5.89 Å². The Labute approximate surface area is 149 Å². The molecule has 0 aliphatic heterocycles. The van der Waals surface area contributed by atoms with E-state index in [1.54, 1.807) is 6.07 Å². The summed E-state index contributed by atoms with van der Waals surface area (Å²) in [5, 5.41) is 2.91. The largest absolute Gasteiger partial charge is 0.441 e. The average Bonchev–Trinajstić information content (AvgIpc) is 2.97. The minimum atomic E-state index is -0.105. The van der Waals surface area contributed by atoms with Crippen molar-refractivity contribution >= 4 is 21.8 Å². The van der Waals surface area contributed by atoms with Crippen LogP contribution in [0.4, 0.5) is 0 Å². The second-order valence-corrected chi connectivity index (χ2v) is 6.23. The molecule has 0 atom stereocenters. The van der Waals surface area contributed by atoms with Crippen LogP contribution in [0.5, 0.6) is 0 Å². The average molecular weight is 385 g/mol. The fourth-order valence-corrected chi connectivity index (χ4v) is 2.86. The molecule has 24 heavy (non-hydrogen) atoms. The van der Waals surface area contributed by atoms with E-state index in [1.165, 1.54) is 0 Å². The molecule has 1 aromatic heterocycles. The van der Waals surface area contributed by atoms with Gasteiger partial charge in [0.15, 0.2) is 0 Å². The zero-order valence-electron chi connectivity index (χ0n) is 13.3. The Morgan fingerprint density at radius 2 is 1.83 bits per heavy atom. The number of nitrogens with one attached hydrogen (secondary N) is 1. The van der Waals surface area contributed by atoms with E-state index in [1.807, 2.05) is 55.5 Å². The van der Waals surface area contributed by atoms with Gasteiger partial charge >= 0.3 is 0 Å². The quantitative estimate of drug-likeness (QED) is 0.709. The smallest absolute Gasteiger partial charge is 0.252 e. The van der Waals surface area contributed by atoms with Crippen molar-refractivity contribution in [2.24, 2.45) is 0 Å². The van der Waals surface area contributed by atoms with Gasteiger partial charge in [0.1, 0.15) is 5.76 Å². The summed E-state index contributed by atoms with van der Waals surface area (Å²) in [6, 6.07) is 17.1. The van der Waals surface area contributed by atoms with Crippen LogP contribution < -0.4 is 5.32 Å². The minimum absolute atomic E-state index is 0.105. The van der Waals surface area contributed by atoms with E-state index in [4.69, 9.17) is 4.42 Å². The lowest BCUT2D eigenvalue weighted by molar-refractivity contribution is 0.0953. The van der Waals surface area contributed by atoms with E-state index in [9.17, 15) is 4.79 Å². The highest BCUT2D eigenvalue weighted by molar-refractivity contribution is 9.10. The van der Waals surface area contributed by atoms with Crippen molar-refractivity contribution in [3.63, 3.8) is 0 Å². The number of amides is 1. The molecule has 0 radical (unpaired) electrons. The number of benzene rings is 2. The molecule has 122 valence electrons. The molecule has 5 heteroatoms. The third kappa shape index (κ3) is 3.74. The number of rotatable bonds is 5. The van der Waals surface area contributed by atoms with Gasteiger partial charge in [-0.25, -0.2) is 4.98 Å². The second kappa shape index (κ2) is 7.45. The molecule has 4 nitrogen and oxygen atoms in total. The molecule has 0 saturated heterocycles. The normalized spacial score (nSPS) is 10.6. The molecule has 1 amide bonds. The van der Waals surface area contributed by atoms with E-state index in [0.717, 1.165) is 21.5 Å². The van der Waals surface area contributed by atoms with Crippen molar-refractivity contribution in [1.82, 2.24) is 10.3 Å². The van der Waals surface area contributed by atoms with E-state index in [-0.39, 0.29) is 5.91 Å². The number of hydrogen-bond acceptors (Lipinski definition) is 3. The highest BCUT2D eigenvalue weighted by Crippen LogP contribution is 2.21. The fourth-order valence-electron chi connectivity index (χ4n) is 2.40. The fraction of sp³-hybridized carbons (Fsp3) is 0.158. The molecule has 1 N–H and O–H groups in total. The maximum absolute atomic E-state index is 12.2. The van der Waals surface area contributed by atoms with E-state index in [2.05, 4.69) is 26.2 Å². The number of nitrogens with zero attached hydrogens (tertiary/aromatic N) is 1. The standard InChI is InChI=1S/C19H17BrN2O2/c1-13-17(22-19(24-13)14-7-3-2-4-8-14)11-12-21-18(23)15-9-5-6-10-16(15)20/h2-10H,11-12H2,1H3,(H,21,23). The van der Waals surface area contributed by atoms with E-state index < -0.39 is 0 Å². The second-order valence-electron chi connectivity index (χ2n) is 5.37. The van der Waals surface area contributed by atoms with Crippen molar-refractivity contribution < 1.29 is 9.21 Å². The molecule has 3 rings (SSSR count). The highest BCUT2D eigenvalue weighted by atomic mass is 79.9. The summed E-state index contributed by atoms with van der Waals surface area (Å²) in [4.78, 5) is 16.7. The highest BCUT2D eigenvalue weighted by Gasteiger charge is 2.12. The molecule has 0 saturated carbocycles. The summed E-state index contributed by atoms with van der Waals surface area (Å²) in [7, 11) is 0. The lowest BCUT2D eigenvalue weighted by atomic mass is 10.2. The molecule has 0 aliphatic carbocycles. The molecule has 3 aromatic rings. The van der Waals surface area contributed by atoms with Gasteiger partial charge in [-0.15, -0.1) is 0 Å². The van der Waals surface area contributed by atoms with Crippen LogP contribution in [0, 0.1) is 6.92 Å². The molecule has 0 bridgehead atoms. The Bertz CT molecular complexity index is 844. The van der Waals surface area contributed by atoms with Crippen LogP contribution >= 0.6 is 15.9 Å². The molecule has 0 aliphatic rings. The van der Waals surface area contributed by atoms with Gasteiger partial charge in [-0.05, 0) is 47.1 Å². The first-order valence-electron chi connectivity index (χ1n) is 7.69. The summed E-state index contributed by atoms with van der Waals surface area (Å²) in [5.41, 5.74) is 2.43. The molecule has 2 aromatic carbocycles.